The molecule has 1 aliphatic carbocycles. The first-order valence-electron chi connectivity index (χ1n) is 4.30. The van der Waals surface area contributed by atoms with Crippen LogP contribution in [0.15, 0.2) is 45.8 Å². The van der Waals surface area contributed by atoms with E-state index in [1.165, 1.54) is 23.5 Å². The molecule has 1 aromatic rings. The molecule has 1 aliphatic rings. The third-order valence-electron chi connectivity index (χ3n) is 1.82. The molecule has 0 saturated carbocycles. The molecule has 0 saturated heterocycles. The first-order valence-corrected chi connectivity index (χ1v) is 5.18. The molecule has 0 amide bonds. The van der Waals surface area contributed by atoms with E-state index in [0.717, 1.165) is 0 Å². The van der Waals surface area contributed by atoms with Crippen molar-refractivity contribution in [3.05, 3.63) is 35.6 Å². The average molecular weight is 223 g/mol. The first-order chi connectivity index (χ1) is 7.18. The van der Waals surface area contributed by atoms with Crippen molar-refractivity contribution >= 4 is 16.5 Å². The van der Waals surface area contributed by atoms with Crippen LogP contribution in [-0.4, -0.2) is 20.9 Å². The Balaban J connectivity index is 2.12. The molecule has 0 aliphatic heterocycles. The van der Waals surface area contributed by atoms with Crippen molar-refractivity contribution in [3.63, 3.8) is 0 Å². The van der Waals surface area contributed by atoms with Crippen molar-refractivity contribution in [2.24, 2.45) is 10.2 Å². The average Bonchev–Trinajstić information content (AvgIpc) is 2.67. The van der Waals surface area contributed by atoms with Crippen LogP contribution >= 0.6 is 11.3 Å². The van der Waals surface area contributed by atoms with Gasteiger partial charge in [0, 0.05) is 11.6 Å². The standard InChI is InChI=1S/C9H9N3O2S/c13-7-2-1-3-9(14,6-7)12-11-8-10-4-5-15-8/h1-5,13-14H,6H2. The quantitative estimate of drug-likeness (QED) is 0.755. The molecule has 1 heterocycles. The highest BCUT2D eigenvalue weighted by Crippen LogP contribution is 2.25. The van der Waals surface area contributed by atoms with Gasteiger partial charge in [-0.25, -0.2) is 4.98 Å². The van der Waals surface area contributed by atoms with Gasteiger partial charge in [-0.1, -0.05) is 6.08 Å². The van der Waals surface area contributed by atoms with Gasteiger partial charge in [0.1, 0.15) is 0 Å². The zero-order valence-corrected chi connectivity index (χ0v) is 8.55. The molecule has 5 nitrogen and oxygen atoms in total. The molecule has 2 N–H and O–H groups in total. The monoisotopic (exact) mass is 223 g/mol. The molecule has 1 aromatic heterocycles. The fraction of sp³-hybridized carbons (Fsp3) is 0.222. The lowest BCUT2D eigenvalue weighted by Crippen LogP contribution is -2.24. The molecule has 78 valence electrons. The van der Waals surface area contributed by atoms with Gasteiger partial charge < -0.3 is 10.2 Å². The maximum atomic E-state index is 9.87. The summed E-state index contributed by atoms with van der Waals surface area (Å²) in [5, 5.41) is 28.9. The van der Waals surface area contributed by atoms with Gasteiger partial charge in [-0.3, -0.25) is 0 Å². The topological polar surface area (TPSA) is 78.1 Å². The number of nitrogens with zero attached hydrogens (tertiary/aromatic N) is 3. The molecule has 2 rings (SSSR count). The normalized spacial score (nSPS) is 25.8. The highest BCUT2D eigenvalue weighted by molar-refractivity contribution is 7.13. The number of aliphatic hydroxyl groups excluding tert-OH is 1. The maximum absolute atomic E-state index is 9.87. The summed E-state index contributed by atoms with van der Waals surface area (Å²) in [5.74, 6) is 0.0816. The largest absolute Gasteiger partial charge is 0.512 e. The van der Waals surface area contributed by atoms with Crippen molar-refractivity contribution in [1.82, 2.24) is 4.98 Å². The highest BCUT2D eigenvalue weighted by atomic mass is 32.1. The van der Waals surface area contributed by atoms with E-state index < -0.39 is 5.72 Å². The Morgan fingerprint density at radius 3 is 3.07 bits per heavy atom. The number of aromatic nitrogens is 1. The van der Waals surface area contributed by atoms with Crippen LogP contribution in [-0.2, 0) is 0 Å². The zero-order chi connectivity index (χ0) is 10.7. The third kappa shape index (κ3) is 2.48. The van der Waals surface area contributed by atoms with Gasteiger partial charge in [0.2, 0.25) is 10.9 Å². The molecule has 1 atom stereocenters. The van der Waals surface area contributed by atoms with Gasteiger partial charge in [-0.05, 0) is 12.2 Å². The van der Waals surface area contributed by atoms with Crippen LogP contribution in [0.25, 0.3) is 0 Å². The Kier molecular flexibility index (Phi) is 2.61. The van der Waals surface area contributed by atoms with E-state index in [1.54, 1.807) is 17.7 Å². The summed E-state index contributed by atoms with van der Waals surface area (Å²) in [4.78, 5) is 3.90. The zero-order valence-electron chi connectivity index (χ0n) is 7.74. The molecule has 0 aromatic carbocycles. The summed E-state index contributed by atoms with van der Waals surface area (Å²) in [5.41, 5.74) is -1.45. The number of thiazole rings is 1. The van der Waals surface area contributed by atoms with Crippen LogP contribution < -0.4 is 0 Å². The molecule has 6 heteroatoms. The minimum Gasteiger partial charge on any atom is -0.512 e. The summed E-state index contributed by atoms with van der Waals surface area (Å²) >= 11 is 1.33. The first kappa shape index (κ1) is 10.0. The SMILES string of the molecule is OC1=CC=CC(O)(N=Nc2nccs2)C1. The summed E-state index contributed by atoms with van der Waals surface area (Å²) in [6, 6.07) is 0. The van der Waals surface area contributed by atoms with E-state index >= 15 is 0 Å². The van der Waals surface area contributed by atoms with E-state index in [9.17, 15) is 10.2 Å². The van der Waals surface area contributed by atoms with Gasteiger partial charge in [0.05, 0.1) is 12.2 Å². The Hall–Kier alpha value is -1.53. The highest BCUT2D eigenvalue weighted by Gasteiger charge is 2.26. The van der Waals surface area contributed by atoms with Crippen molar-refractivity contribution in [2.45, 2.75) is 12.1 Å². The van der Waals surface area contributed by atoms with Crippen LogP contribution in [0, 0.1) is 0 Å². The lowest BCUT2D eigenvalue weighted by atomic mass is 10.0. The Morgan fingerprint density at radius 1 is 1.53 bits per heavy atom. The summed E-state index contributed by atoms with van der Waals surface area (Å²) in [6.07, 6.45) is 6.17. The molecule has 0 radical (unpaired) electrons. The van der Waals surface area contributed by atoms with Crippen LogP contribution in [0.3, 0.4) is 0 Å². The van der Waals surface area contributed by atoms with E-state index in [4.69, 9.17) is 0 Å². The minimum absolute atomic E-state index is 0.0401. The lowest BCUT2D eigenvalue weighted by molar-refractivity contribution is 0.0796. The maximum Gasteiger partial charge on any atom is 0.229 e. The van der Waals surface area contributed by atoms with Crippen LogP contribution in [0.4, 0.5) is 5.13 Å². The van der Waals surface area contributed by atoms with Crippen molar-refractivity contribution in [3.8, 4) is 0 Å². The molecule has 15 heavy (non-hydrogen) atoms. The van der Waals surface area contributed by atoms with Gasteiger partial charge in [-0.2, -0.15) is 0 Å². The summed E-state index contributed by atoms with van der Waals surface area (Å²) < 4.78 is 0. The van der Waals surface area contributed by atoms with E-state index in [-0.39, 0.29) is 12.2 Å². The number of hydrogen-bond donors (Lipinski definition) is 2. The summed E-state index contributed by atoms with van der Waals surface area (Å²) in [6.45, 7) is 0. The molecular formula is C9H9N3O2S. The number of azo groups is 1. The minimum atomic E-state index is -1.45. The van der Waals surface area contributed by atoms with Gasteiger partial charge >= 0.3 is 0 Å². The molecule has 0 bridgehead atoms. The van der Waals surface area contributed by atoms with Gasteiger partial charge in [0.25, 0.3) is 0 Å². The molecule has 0 fully saturated rings. The van der Waals surface area contributed by atoms with Crippen molar-refractivity contribution in [2.75, 3.05) is 0 Å². The number of aliphatic hydroxyl groups is 2. The number of rotatable bonds is 2. The van der Waals surface area contributed by atoms with Crippen LogP contribution in [0.2, 0.25) is 0 Å². The van der Waals surface area contributed by atoms with Crippen LogP contribution in [0.1, 0.15) is 6.42 Å². The van der Waals surface area contributed by atoms with Crippen molar-refractivity contribution in [1.29, 1.82) is 0 Å². The fourth-order valence-corrected chi connectivity index (χ4v) is 1.61. The molecule has 0 spiro atoms. The van der Waals surface area contributed by atoms with E-state index in [0.29, 0.717) is 5.13 Å². The summed E-state index contributed by atoms with van der Waals surface area (Å²) in [7, 11) is 0. The van der Waals surface area contributed by atoms with Crippen LogP contribution in [0.5, 0.6) is 0 Å². The second-order valence-electron chi connectivity index (χ2n) is 3.09. The van der Waals surface area contributed by atoms with E-state index in [2.05, 4.69) is 15.2 Å². The Bertz CT molecular complexity index is 425. The second-order valence-corrected chi connectivity index (χ2v) is 3.96. The predicted octanol–water partition coefficient (Wildman–Crippen LogP) is 2.32. The number of allylic oxidation sites excluding steroid dienone is 2. The van der Waals surface area contributed by atoms with Gasteiger partial charge in [0.15, 0.2) is 0 Å². The van der Waals surface area contributed by atoms with E-state index in [1.807, 2.05) is 0 Å². The smallest absolute Gasteiger partial charge is 0.229 e. The van der Waals surface area contributed by atoms with Gasteiger partial charge in [-0.15, -0.1) is 21.6 Å². The fourth-order valence-electron chi connectivity index (χ4n) is 1.16. The lowest BCUT2D eigenvalue weighted by Gasteiger charge is -2.19. The number of hydrogen-bond acceptors (Lipinski definition) is 6. The Labute approximate surface area is 90.1 Å². The molecular weight excluding hydrogens is 214 g/mol. The second kappa shape index (κ2) is 3.92. The third-order valence-corrected chi connectivity index (χ3v) is 2.48. The Morgan fingerprint density at radius 2 is 2.40 bits per heavy atom. The van der Waals surface area contributed by atoms with Crippen molar-refractivity contribution < 1.29 is 10.2 Å². The molecule has 1 unspecified atom stereocenters. The predicted molar refractivity (Wildman–Crippen MR) is 56.0 cm³/mol.